The maximum Gasteiger partial charge on any atom is 0.0431 e. The SMILES string of the molecule is O.OCCCCc1ccccc1. The van der Waals surface area contributed by atoms with Crippen LogP contribution in [0.15, 0.2) is 30.3 Å². The molecule has 0 bridgehead atoms. The quantitative estimate of drug-likeness (QED) is 0.674. The van der Waals surface area contributed by atoms with Crippen LogP contribution in [0.3, 0.4) is 0 Å². The Balaban J connectivity index is 0.00000121. The van der Waals surface area contributed by atoms with Gasteiger partial charge in [-0.25, -0.2) is 0 Å². The van der Waals surface area contributed by atoms with Crippen LogP contribution in [0.2, 0.25) is 0 Å². The zero-order chi connectivity index (χ0) is 7.94. The molecule has 0 aromatic heterocycles. The fourth-order valence-corrected chi connectivity index (χ4v) is 1.09. The topological polar surface area (TPSA) is 51.7 Å². The zero-order valence-corrected chi connectivity index (χ0v) is 7.16. The van der Waals surface area contributed by atoms with Crippen molar-refractivity contribution in [3.8, 4) is 0 Å². The molecule has 0 spiro atoms. The van der Waals surface area contributed by atoms with Gasteiger partial charge in [-0.2, -0.15) is 0 Å². The molecule has 68 valence electrons. The highest BCUT2D eigenvalue weighted by Gasteiger charge is 1.89. The molecule has 0 aliphatic heterocycles. The molecule has 1 aromatic rings. The average Bonchev–Trinajstić information content (AvgIpc) is 2.07. The largest absolute Gasteiger partial charge is 0.412 e. The van der Waals surface area contributed by atoms with Crippen molar-refractivity contribution >= 4 is 0 Å². The third kappa shape index (κ3) is 4.11. The normalized spacial score (nSPS) is 9.08. The maximum atomic E-state index is 8.54. The lowest BCUT2D eigenvalue weighted by Crippen LogP contribution is -1.87. The Kier molecular flexibility index (Phi) is 6.34. The van der Waals surface area contributed by atoms with Gasteiger partial charge in [0.2, 0.25) is 0 Å². The number of benzene rings is 1. The molecular weight excluding hydrogens is 152 g/mol. The van der Waals surface area contributed by atoms with Gasteiger partial charge >= 0.3 is 0 Å². The fourth-order valence-electron chi connectivity index (χ4n) is 1.09. The minimum atomic E-state index is 0. The Morgan fingerprint density at radius 3 is 2.25 bits per heavy atom. The molecular formula is C10H16O2. The smallest absolute Gasteiger partial charge is 0.0431 e. The molecule has 2 nitrogen and oxygen atoms in total. The van der Waals surface area contributed by atoms with E-state index in [-0.39, 0.29) is 5.48 Å². The summed E-state index contributed by atoms with van der Waals surface area (Å²) in [6.45, 7) is 0.312. The molecule has 0 saturated heterocycles. The summed E-state index contributed by atoms with van der Waals surface area (Å²) in [4.78, 5) is 0. The van der Waals surface area contributed by atoms with E-state index in [1.54, 1.807) is 0 Å². The standard InChI is InChI=1S/C10H14O.H2O/c11-9-5-4-8-10-6-2-1-3-7-10;/h1-3,6-7,11H,4-5,8-9H2;1H2. The molecule has 12 heavy (non-hydrogen) atoms. The van der Waals surface area contributed by atoms with E-state index >= 15 is 0 Å². The number of rotatable bonds is 4. The van der Waals surface area contributed by atoms with Crippen LogP contribution in [0.5, 0.6) is 0 Å². The van der Waals surface area contributed by atoms with Gasteiger partial charge in [0.05, 0.1) is 0 Å². The van der Waals surface area contributed by atoms with E-state index in [0.717, 1.165) is 19.3 Å². The van der Waals surface area contributed by atoms with Crippen molar-refractivity contribution in [2.24, 2.45) is 0 Å². The average molecular weight is 168 g/mol. The second-order valence-corrected chi connectivity index (χ2v) is 2.67. The predicted molar refractivity (Wildman–Crippen MR) is 50.1 cm³/mol. The number of hydrogen-bond donors (Lipinski definition) is 1. The summed E-state index contributed by atoms with van der Waals surface area (Å²) < 4.78 is 0. The van der Waals surface area contributed by atoms with Crippen molar-refractivity contribution in [1.82, 2.24) is 0 Å². The Bertz CT molecular complexity index is 184. The highest BCUT2D eigenvalue weighted by molar-refractivity contribution is 5.14. The van der Waals surface area contributed by atoms with Crippen LogP contribution in [0.4, 0.5) is 0 Å². The van der Waals surface area contributed by atoms with E-state index in [1.807, 2.05) is 18.2 Å². The molecule has 1 rings (SSSR count). The van der Waals surface area contributed by atoms with Crippen molar-refractivity contribution in [3.63, 3.8) is 0 Å². The van der Waals surface area contributed by atoms with Crippen LogP contribution in [0.1, 0.15) is 18.4 Å². The van der Waals surface area contributed by atoms with Gasteiger partial charge in [0.25, 0.3) is 0 Å². The van der Waals surface area contributed by atoms with Crippen molar-refractivity contribution in [2.75, 3.05) is 6.61 Å². The van der Waals surface area contributed by atoms with Crippen LogP contribution >= 0.6 is 0 Å². The maximum absolute atomic E-state index is 8.54. The molecule has 0 amide bonds. The van der Waals surface area contributed by atoms with E-state index < -0.39 is 0 Å². The van der Waals surface area contributed by atoms with Gasteiger partial charge in [-0.1, -0.05) is 30.3 Å². The first kappa shape index (κ1) is 11.1. The van der Waals surface area contributed by atoms with E-state index in [2.05, 4.69) is 12.1 Å². The van der Waals surface area contributed by atoms with Crippen molar-refractivity contribution < 1.29 is 10.6 Å². The lowest BCUT2D eigenvalue weighted by molar-refractivity contribution is 0.284. The van der Waals surface area contributed by atoms with Gasteiger partial charge in [0.1, 0.15) is 0 Å². The Morgan fingerprint density at radius 1 is 1.00 bits per heavy atom. The molecule has 0 atom stereocenters. The van der Waals surface area contributed by atoms with Crippen LogP contribution < -0.4 is 0 Å². The molecule has 0 fully saturated rings. The van der Waals surface area contributed by atoms with Gasteiger partial charge in [0.15, 0.2) is 0 Å². The lowest BCUT2D eigenvalue weighted by Gasteiger charge is -1.97. The number of aryl methyl sites for hydroxylation is 1. The molecule has 2 heteroatoms. The highest BCUT2D eigenvalue weighted by atomic mass is 16.2. The number of hydrogen-bond acceptors (Lipinski definition) is 1. The number of aliphatic hydroxyl groups excluding tert-OH is 1. The third-order valence-electron chi connectivity index (χ3n) is 1.72. The van der Waals surface area contributed by atoms with E-state index in [1.165, 1.54) is 5.56 Å². The molecule has 0 heterocycles. The summed E-state index contributed by atoms with van der Waals surface area (Å²) in [6, 6.07) is 10.4. The second kappa shape index (κ2) is 6.83. The summed E-state index contributed by atoms with van der Waals surface area (Å²) in [5.41, 5.74) is 1.36. The second-order valence-electron chi connectivity index (χ2n) is 2.67. The molecule has 0 saturated carbocycles. The number of unbranched alkanes of at least 4 members (excludes halogenated alkanes) is 1. The summed E-state index contributed by atoms with van der Waals surface area (Å²) in [6.07, 6.45) is 3.08. The first-order chi connectivity index (χ1) is 5.43. The molecule has 0 aliphatic carbocycles. The Labute approximate surface area is 73.2 Å². The minimum Gasteiger partial charge on any atom is -0.412 e. The molecule has 3 N–H and O–H groups in total. The lowest BCUT2D eigenvalue weighted by atomic mass is 10.1. The Morgan fingerprint density at radius 2 is 1.67 bits per heavy atom. The summed E-state index contributed by atoms with van der Waals surface area (Å²) >= 11 is 0. The van der Waals surface area contributed by atoms with Crippen LogP contribution in [0.25, 0.3) is 0 Å². The summed E-state index contributed by atoms with van der Waals surface area (Å²) in [5, 5.41) is 8.54. The minimum absolute atomic E-state index is 0. The van der Waals surface area contributed by atoms with E-state index in [9.17, 15) is 0 Å². The first-order valence-electron chi connectivity index (χ1n) is 4.08. The monoisotopic (exact) mass is 168 g/mol. The molecule has 0 aliphatic rings. The van der Waals surface area contributed by atoms with Gasteiger partial charge in [0, 0.05) is 6.61 Å². The number of aliphatic hydroxyl groups is 1. The van der Waals surface area contributed by atoms with E-state index in [0.29, 0.717) is 6.61 Å². The third-order valence-corrected chi connectivity index (χ3v) is 1.72. The summed E-state index contributed by atoms with van der Waals surface area (Å²) in [5.74, 6) is 0. The van der Waals surface area contributed by atoms with Crippen LogP contribution in [0, 0.1) is 0 Å². The van der Waals surface area contributed by atoms with E-state index in [4.69, 9.17) is 5.11 Å². The molecule has 1 aromatic carbocycles. The Hall–Kier alpha value is -0.860. The van der Waals surface area contributed by atoms with Gasteiger partial charge in [-0.3, -0.25) is 0 Å². The first-order valence-corrected chi connectivity index (χ1v) is 4.08. The summed E-state index contributed by atoms with van der Waals surface area (Å²) in [7, 11) is 0. The zero-order valence-electron chi connectivity index (χ0n) is 7.16. The molecule has 0 unspecified atom stereocenters. The highest BCUT2D eigenvalue weighted by Crippen LogP contribution is 2.03. The van der Waals surface area contributed by atoms with Crippen molar-refractivity contribution in [3.05, 3.63) is 35.9 Å². The van der Waals surface area contributed by atoms with Gasteiger partial charge < -0.3 is 10.6 Å². The predicted octanol–water partition coefficient (Wildman–Crippen LogP) is 1.18. The fraction of sp³-hybridized carbons (Fsp3) is 0.400. The van der Waals surface area contributed by atoms with Crippen LogP contribution in [-0.4, -0.2) is 17.2 Å². The van der Waals surface area contributed by atoms with Crippen molar-refractivity contribution in [2.45, 2.75) is 19.3 Å². The van der Waals surface area contributed by atoms with Gasteiger partial charge in [-0.15, -0.1) is 0 Å². The molecule has 0 radical (unpaired) electrons. The van der Waals surface area contributed by atoms with Crippen molar-refractivity contribution in [1.29, 1.82) is 0 Å². The van der Waals surface area contributed by atoms with Gasteiger partial charge in [-0.05, 0) is 24.8 Å². The van der Waals surface area contributed by atoms with Crippen LogP contribution in [-0.2, 0) is 6.42 Å².